The van der Waals surface area contributed by atoms with Crippen LogP contribution < -0.4 is 5.73 Å². The van der Waals surface area contributed by atoms with E-state index >= 15 is 0 Å². The number of ether oxygens (including phenoxy) is 1. The number of carbonyl (C=O) groups excluding carboxylic acids is 1. The van der Waals surface area contributed by atoms with Gasteiger partial charge in [0.1, 0.15) is 15.9 Å². The summed E-state index contributed by atoms with van der Waals surface area (Å²) in [6.07, 6.45) is 3.30. The molecule has 0 spiro atoms. The molecule has 0 aliphatic heterocycles. The topological polar surface area (TPSA) is 78.1 Å². The molecule has 1 aliphatic rings. The summed E-state index contributed by atoms with van der Waals surface area (Å²) >= 11 is 3.03. The molecule has 0 saturated heterocycles. The molecule has 3 rings (SSSR count). The summed E-state index contributed by atoms with van der Waals surface area (Å²) in [7, 11) is 0. The van der Waals surface area contributed by atoms with Crippen LogP contribution in [0.25, 0.3) is 10.2 Å². The summed E-state index contributed by atoms with van der Waals surface area (Å²) < 4.78 is 5.06. The molecule has 2 aromatic rings. The number of carbonyl (C=O) groups is 1. The van der Waals surface area contributed by atoms with Crippen molar-refractivity contribution in [3.05, 3.63) is 10.4 Å². The van der Waals surface area contributed by atoms with Gasteiger partial charge in [0.2, 0.25) is 0 Å². The van der Waals surface area contributed by atoms with Crippen molar-refractivity contribution in [3.8, 4) is 0 Å². The van der Waals surface area contributed by atoms with Crippen LogP contribution in [0.2, 0.25) is 0 Å². The normalized spacial score (nSPS) is 18.6. The number of aryl methyl sites for hydroxylation is 1. The molecule has 2 aromatic heterocycles. The molecule has 5 nitrogen and oxygen atoms in total. The molecule has 1 aliphatic carbocycles. The smallest absolute Gasteiger partial charge is 0.319 e. The summed E-state index contributed by atoms with van der Waals surface area (Å²) in [6.45, 7) is 10.9. The largest absolute Gasteiger partial charge is 0.465 e. The zero-order valence-electron chi connectivity index (χ0n) is 16.1. The number of aromatic nitrogens is 2. The Bertz CT molecular complexity index is 826. The SMILES string of the molecule is CCOC(=O)C(C)Sc1nc(N)c2c3c(sc2n1)CC(C(C)(C)C)CC3. The van der Waals surface area contributed by atoms with Crippen LogP contribution in [0.15, 0.2) is 5.16 Å². The van der Waals surface area contributed by atoms with Crippen LogP contribution in [0, 0.1) is 11.3 Å². The van der Waals surface area contributed by atoms with Gasteiger partial charge in [0.15, 0.2) is 5.16 Å². The van der Waals surface area contributed by atoms with Crippen molar-refractivity contribution in [2.45, 2.75) is 64.3 Å². The van der Waals surface area contributed by atoms with E-state index in [0.29, 0.717) is 28.9 Å². The highest BCUT2D eigenvalue weighted by molar-refractivity contribution is 8.00. The van der Waals surface area contributed by atoms with E-state index in [4.69, 9.17) is 15.5 Å². The zero-order chi connectivity index (χ0) is 19.1. The number of nitrogen functional groups attached to an aromatic ring is 1. The molecule has 2 N–H and O–H groups in total. The maximum atomic E-state index is 11.9. The predicted molar refractivity (Wildman–Crippen MR) is 109 cm³/mol. The van der Waals surface area contributed by atoms with Crippen LogP contribution in [0.3, 0.4) is 0 Å². The number of anilines is 1. The Morgan fingerprint density at radius 2 is 2.15 bits per heavy atom. The quantitative estimate of drug-likeness (QED) is 0.469. The molecular weight excluding hydrogens is 366 g/mol. The monoisotopic (exact) mass is 393 g/mol. The molecule has 0 fully saturated rings. The first-order valence-electron chi connectivity index (χ1n) is 9.11. The zero-order valence-corrected chi connectivity index (χ0v) is 17.7. The Labute approximate surface area is 163 Å². The first kappa shape index (κ1) is 19.4. The Kier molecular flexibility index (Phi) is 5.49. The van der Waals surface area contributed by atoms with E-state index in [0.717, 1.165) is 23.1 Å². The lowest BCUT2D eigenvalue weighted by atomic mass is 9.72. The number of rotatable bonds is 4. The van der Waals surface area contributed by atoms with Crippen LogP contribution in [0.1, 0.15) is 51.5 Å². The highest BCUT2D eigenvalue weighted by atomic mass is 32.2. The van der Waals surface area contributed by atoms with E-state index in [-0.39, 0.29) is 11.2 Å². The van der Waals surface area contributed by atoms with Crippen LogP contribution >= 0.6 is 23.1 Å². The number of hydrogen-bond donors (Lipinski definition) is 1. The molecular formula is C19H27N3O2S2. The van der Waals surface area contributed by atoms with Gasteiger partial charge in [-0.05, 0) is 50.0 Å². The molecule has 0 saturated carbocycles. The van der Waals surface area contributed by atoms with Gasteiger partial charge in [0, 0.05) is 4.88 Å². The van der Waals surface area contributed by atoms with Gasteiger partial charge in [-0.2, -0.15) is 0 Å². The van der Waals surface area contributed by atoms with Gasteiger partial charge in [-0.25, -0.2) is 9.97 Å². The minimum Gasteiger partial charge on any atom is -0.465 e. The van der Waals surface area contributed by atoms with Gasteiger partial charge in [-0.15, -0.1) is 11.3 Å². The Hall–Kier alpha value is -1.34. The number of fused-ring (bicyclic) bond motifs is 3. The summed E-state index contributed by atoms with van der Waals surface area (Å²) in [6, 6.07) is 0. The second kappa shape index (κ2) is 7.35. The minimum atomic E-state index is -0.355. The van der Waals surface area contributed by atoms with Crippen molar-refractivity contribution < 1.29 is 9.53 Å². The summed E-state index contributed by atoms with van der Waals surface area (Å²) in [5.41, 5.74) is 7.92. The fourth-order valence-electron chi connectivity index (χ4n) is 3.44. The van der Waals surface area contributed by atoms with Crippen LogP contribution in [-0.2, 0) is 22.4 Å². The lowest BCUT2D eigenvalue weighted by molar-refractivity contribution is -0.142. The van der Waals surface area contributed by atoms with Gasteiger partial charge in [-0.3, -0.25) is 4.79 Å². The Balaban J connectivity index is 1.90. The molecule has 142 valence electrons. The fourth-order valence-corrected chi connectivity index (χ4v) is 5.58. The first-order valence-corrected chi connectivity index (χ1v) is 10.8. The minimum absolute atomic E-state index is 0.252. The van der Waals surface area contributed by atoms with Crippen molar-refractivity contribution >= 4 is 45.1 Å². The average molecular weight is 394 g/mol. The van der Waals surface area contributed by atoms with E-state index < -0.39 is 0 Å². The standard InChI is InChI=1S/C19H27N3O2S2/c1-6-24-17(23)10(2)25-18-21-15(20)14-12-8-7-11(19(3,4)5)9-13(12)26-16(14)22-18/h10-11H,6-9H2,1-5H3,(H2,20,21,22). The fraction of sp³-hybridized carbons (Fsp3) is 0.632. The van der Waals surface area contributed by atoms with Crippen LogP contribution in [-0.4, -0.2) is 27.8 Å². The molecule has 2 heterocycles. The maximum Gasteiger partial charge on any atom is 0.319 e. The summed E-state index contributed by atoms with van der Waals surface area (Å²) in [5, 5.41) is 1.21. The average Bonchev–Trinajstić information content (AvgIpc) is 2.91. The lowest BCUT2D eigenvalue weighted by Crippen LogP contribution is -2.26. The number of thioether (sulfide) groups is 1. The highest BCUT2D eigenvalue weighted by Gasteiger charge is 2.31. The van der Waals surface area contributed by atoms with E-state index in [2.05, 4.69) is 25.8 Å². The Morgan fingerprint density at radius 3 is 2.81 bits per heavy atom. The van der Waals surface area contributed by atoms with Crippen molar-refractivity contribution in [2.24, 2.45) is 11.3 Å². The molecule has 2 unspecified atom stereocenters. The summed E-state index contributed by atoms with van der Waals surface area (Å²) in [5.74, 6) is 0.952. The van der Waals surface area contributed by atoms with Crippen molar-refractivity contribution in [1.29, 1.82) is 0 Å². The van der Waals surface area contributed by atoms with Gasteiger partial charge < -0.3 is 10.5 Å². The molecule has 7 heteroatoms. The number of esters is 1. The number of hydrogen-bond acceptors (Lipinski definition) is 7. The molecule has 0 bridgehead atoms. The molecule has 2 atom stereocenters. The second-order valence-electron chi connectivity index (χ2n) is 7.89. The van der Waals surface area contributed by atoms with Gasteiger partial charge >= 0.3 is 5.97 Å². The summed E-state index contributed by atoms with van der Waals surface area (Å²) in [4.78, 5) is 23.3. The molecule has 26 heavy (non-hydrogen) atoms. The number of thiophene rings is 1. The van der Waals surface area contributed by atoms with Crippen molar-refractivity contribution in [1.82, 2.24) is 9.97 Å². The Morgan fingerprint density at radius 1 is 1.42 bits per heavy atom. The van der Waals surface area contributed by atoms with Gasteiger partial charge in [0.05, 0.1) is 12.0 Å². The van der Waals surface area contributed by atoms with Gasteiger partial charge in [0.25, 0.3) is 0 Å². The van der Waals surface area contributed by atoms with Gasteiger partial charge in [-0.1, -0.05) is 32.5 Å². The molecule has 0 radical (unpaired) electrons. The van der Waals surface area contributed by atoms with E-state index in [9.17, 15) is 4.79 Å². The van der Waals surface area contributed by atoms with E-state index in [1.54, 1.807) is 25.2 Å². The molecule has 0 aromatic carbocycles. The third-order valence-electron chi connectivity index (χ3n) is 5.04. The lowest BCUT2D eigenvalue weighted by Gasteiger charge is -2.33. The highest BCUT2D eigenvalue weighted by Crippen LogP contribution is 2.44. The van der Waals surface area contributed by atoms with Crippen LogP contribution in [0.4, 0.5) is 5.82 Å². The van der Waals surface area contributed by atoms with Crippen molar-refractivity contribution in [3.63, 3.8) is 0 Å². The van der Waals surface area contributed by atoms with E-state index in [1.807, 2.05) is 0 Å². The van der Waals surface area contributed by atoms with Crippen LogP contribution in [0.5, 0.6) is 0 Å². The maximum absolute atomic E-state index is 11.9. The predicted octanol–water partition coefficient (Wildman–Crippen LogP) is 4.47. The number of nitrogens with zero attached hydrogens (tertiary/aromatic N) is 2. The third-order valence-corrected chi connectivity index (χ3v) is 7.13. The number of nitrogens with two attached hydrogens (primary N) is 1. The third kappa shape index (κ3) is 3.83. The first-order chi connectivity index (χ1) is 12.2. The van der Waals surface area contributed by atoms with Crippen molar-refractivity contribution in [2.75, 3.05) is 12.3 Å². The second-order valence-corrected chi connectivity index (χ2v) is 10.3. The van der Waals surface area contributed by atoms with E-state index in [1.165, 1.54) is 28.6 Å². The molecule has 0 amide bonds.